The number of hydrogen-bond acceptors (Lipinski definition) is 2. The van der Waals surface area contributed by atoms with Crippen LogP contribution in [-0.4, -0.2) is 36.9 Å². The minimum Gasteiger partial charge on any atom is -0.345 e. The Labute approximate surface area is 106 Å². The summed E-state index contributed by atoms with van der Waals surface area (Å²) in [4.78, 5) is 24.7. The molecule has 0 heterocycles. The van der Waals surface area contributed by atoms with Crippen molar-refractivity contribution in [2.24, 2.45) is 0 Å². The Morgan fingerprint density at radius 2 is 2.00 bits per heavy atom. The van der Waals surface area contributed by atoms with Gasteiger partial charge in [0.1, 0.15) is 0 Å². The topological polar surface area (TPSA) is 49.4 Å². The van der Waals surface area contributed by atoms with Crippen LogP contribution in [0.4, 0.5) is 0 Å². The lowest BCUT2D eigenvalue weighted by Crippen LogP contribution is -2.38. The fourth-order valence-electron chi connectivity index (χ4n) is 1.21. The molecule has 5 heteroatoms. The average Bonchev–Trinajstić information content (AvgIpc) is 2.35. The molecule has 0 aliphatic carbocycles. The Morgan fingerprint density at radius 1 is 1.35 bits per heavy atom. The van der Waals surface area contributed by atoms with Gasteiger partial charge in [0.05, 0.1) is 17.1 Å². The van der Waals surface area contributed by atoms with E-state index in [9.17, 15) is 9.59 Å². The highest BCUT2D eigenvalue weighted by Crippen LogP contribution is 2.14. The number of halogens is 1. The number of hydrogen-bond donors (Lipinski definition) is 1. The molecule has 0 aliphatic heterocycles. The first-order valence-corrected chi connectivity index (χ1v) is 5.70. The molecule has 92 valence electrons. The van der Waals surface area contributed by atoms with Crippen molar-refractivity contribution in [1.29, 1.82) is 0 Å². The number of likely N-dealkylation sites (N-methyl/N-ethyl adjacent to an activating group) is 1. The fraction of sp³-hybridized carbons (Fsp3) is 0.333. The molecule has 2 amide bonds. The summed E-state index contributed by atoms with van der Waals surface area (Å²) >= 11 is 5.87. The Balaban J connectivity index is 2.57. The molecule has 0 atom stereocenters. The molecule has 1 aromatic rings. The van der Waals surface area contributed by atoms with Gasteiger partial charge in [-0.15, -0.1) is 0 Å². The van der Waals surface area contributed by atoms with Crippen molar-refractivity contribution >= 4 is 23.4 Å². The van der Waals surface area contributed by atoms with Crippen LogP contribution in [0.15, 0.2) is 24.3 Å². The van der Waals surface area contributed by atoms with Gasteiger partial charge in [-0.25, -0.2) is 0 Å². The molecule has 0 spiro atoms. The maximum absolute atomic E-state index is 11.7. The lowest BCUT2D eigenvalue weighted by Gasteiger charge is -2.14. The van der Waals surface area contributed by atoms with Crippen LogP contribution in [-0.2, 0) is 4.79 Å². The quantitative estimate of drug-likeness (QED) is 0.886. The zero-order chi connectivity index (χ0) is 12.8. The average molecular weight is 255 g/mol. The highest BCUT2D eigenvalue weighted by molar-refractivity contribution is 6.33. The van der Waals surface area contributed by atoms with Crippen molar-refractivity contribution in [2.45, 2.75) is 6.92 Å². The van der Waals surface area contributed by atoms with Gasteiger partial charge in [-0.2, -0.15) is 0 Å². The van der Waals surface area contributed by atoms with Crippen LogP contribution in [0, 0.1) is 0 Å². The predicted molar refractivity (Wildman–Crippen MR) is 67.1 cm³/mol. The maximum atomic E-state index is 11.7. The minimum atomic E-state index is -0.339. The normalized spacial score (nSPS) is 9.82. The minimum absolute atomic E-state index is 0.0194. The smallest absolute Gasteiger partial charge is 0.253 e. The number of carbonyl (C=O) groups excluding carboxylic acids is 2. The number of nitrogens with zero attached hydrogens (tertiary/aromatic N) is 1. The summed E-state index contributed by atoms with van der Waals surface area (Å²) in [5.74, 6) is -0.471. The van der Waals surface area contributed by atoms with Crippen LogP contribution in [0.2, 0.25) is 5.02 Å². The Morgan fingerprint density at radius 3 is 2.59 bits per heavy atom. The SMILES string of the molecule is CCN(C)C(=O)CNC(=O)c1ccccc1Cl. The van der Waals surface area contributed by atoms with Crippen molar-refractivity contribution in [2.75, 3.05) is 20.1 Å². The Kier molecular flexibility index (Phi) is 4.97. The van der Waals surface area contributed by atoms with Crippen molar-refractivity contribution in [1.82, 2.24) is 10.2 Å². The summed E-state index contributed by atoms with van der Waals surface area (Å²) in [6.45, 7) is 2.46. The van der Waals surface area contributed by atoms with E-state index < -0.39 is 0 Å². The fourth-order valence-corrected chi connectivity index (χ4v) is 1.43. The van der Waals surface area contributed by atoms with E-state index in [-0.39, 0.29) is 18.4 Å². The molecular weight excluding hydrogens is 240 g/mol. The molecule has 0 bridgehead atoms. The summed E-state index contributed by atoms with van der Waals surface area (Å²) in [6.07, 6.45) is 0. The van der Waals surface area contributed by atoms with E-state index in [4.69, 9.17) is 11.6 Å². The first-order valence-electron chi connectivity index (χ1n) is 5.33. The number of nitrogens with one attached hydrogen (secondary N) is 1. The molecule has 1 aromatic carbocycles. The van der Waals surface area contributed by atoms with Crippen molar-refractivity contribution in [3.05, 3.63) is 34.9 Å². The van der Waals surface area contributed by atoms with E-state index in [2.05, 4.69) is 5.32 Å². The molecule has 1 N–H and O–H groups in total. The van der Waals surface area contributed by atoms with Crippen molar-refractivity contribution < 1.29 is 9.59 Å². The summed E-state index contributed by atoms with van der Waals surface area (Å²) in [5, 5.41) is 2.92. The first kappa shape index (κ1) is 13.5. The third-order valence-corrected chi connectivity index (χ3v) is 2.75. The van der Waals surface area contributed by atoms with Gasteiger partial charge in [-0.3, -0.25) is 9.59 Å². The Hall–Kier alpha value is -1.55. The second-order valence-corrected chi connectivity index (χ2v) is 3.98. The van der Waals surface area contributed by atoms with Crippen LogP contribution in [0.1, 0.15) is 17.3 Å². The highest BCUT2D eigenvalue weighted by Gasteiger charge is 2.12. The van der Waals surface area contributed by atoms with E-state index in [1.807, 2.05) is 6.92 Å². The standard InChI is InChI=1S/C12H15ClN2O2/c1-3-15(2)11(16)8-14-12(17)9-6-4-5-7-10(9)13/h4-7H,3,8H2,1-2H3,(H,14,17). The number of rotatable bonds is 4. The van der Waals surface area contributed by atoms with Crippen LogP contribution in [0.25, 0.3) is 0 Å². The molecule has 0 saturated heterocycles. The number of benzene rings is 1. The third kappa shape index (κ3) is 3.75. The number of carbonyl (C=O) groups is 2. The van der Waals surface area contributed by atoms with Gasteiger partial charge in [-0.1, -0.05) is 23.7 Å². The third-order valence-electron chi connectivity index (χ3n) is 2.42. The summed E-state index contributed by atoms with van der Waals surface area (Å²) < 4.78 is 0. The van der Waals surface area contributed by atoms with Gasteiger partial charge in [0.2, 0.25) is 5.91 Å². The second-order valence-electron chi connectivity index (χ2n) is 3.57. The second kappa shape index (κ2) is 6.25. The van der Waals surface area contributed by atoms with E-state index in [1.165, 1.54) is 4.90 Å². The number of amides is 2. The molecule has 17 heavy (non-hydrogen) atoms. The lowest BCUT2D eigenvalue weighted by molar-refractivity contribution is -0.128. The lowest BCUT2D eigenvalue weighted by atomic mass is 10.2. The predicted octanol–water partition coefficient (Wildman–Crippen LogP) is 1.55. The van der Waals surface area contributed by atoms with E-state index in [1.54, 1.807) is 31.3 Å². The van der Waals surface area contributed by atoms with Crippen molar-refractivity contribution in [3.63, 3.8) is 0 Å². The molecule has 4 nitrogen and oxygen atoms in total. The van der Waals surface area contributed by atoms with Crippen LogP contribution in [0.5, 0.6) is 0 Å². The summed E-state index contributed by atoms with van der Waals surface area (Å²) in [5.41, 5.74) is 0.376. The monoisotopic (exact) mass is 254 g/mol. The molecule has 0 fully saturated rings. The van der Waals surface area contributed by atoms with Gasteiger partial charge in [0, 0.05) is 13.6 Å². The largest absolute Gasteiger partial charge is 0.345 e. The molecular formula is C12H15ClN2O2. The maximum Gasteiger partial charge on any atom is 0.253 e. The van der Waals surface area contributed by atoms with Crippen LogP contribution in [0.3, 0.4) is 0 Å². The summed E-state index contributed by atoms with van der Waals surface area (Å²) in [7, 11) is 1.68. The molecule has 0 unspecified atom stereocenters. The van der Waals surface area contributed by atoms with Gasteiger partial charge in [0.25, 0.3) is 5.91 Å². The van der Waals surface area contributed by atoms with Crippen LogP contribution < -0.4 is 5.32 Å². The summed E-state index contributed by atoms with van der Waals surface area (Å²) in [6, 6.07) is 6.72. The molecule has 0 radical (unpaired) electrons. The molecule has 0 aliphatic rings. The zero-order valence-corrected chi connectivity index (χ0v) is 10.6. The van der Waals surface area contributed by atoms with Gasteiger partial charge in [-0.05, 0) is 19.1 Å². The molecule has 1 rings (SSSR count). The van der Waals surface area contributed by atoms with E-state index in [0.717, 1.165) is 0 Å². The Bertz CT molecular complexity index is 421. The van der Waals surface area contributed by atoms with Gasteiger partial charge in [0.15, 0.2) is 0 Å². The highest BCUT2D eigenvalue weighted by atomic mass is 35.5. The van der Waals surface area contributed by atoms with Crippen molar-refractivity contribution in [3.8, 4) is 0 Å². The van der Waals surface area contributed by atoms with Gasteiger partial charge >= 0.3 is 0 Å². The zero-order valence-electron chi connectivity index (χ0n) is 9.87. The molecule has 0 saturated carbocycles. The van der Waals surface area contributed by atoms with Gasteiger partial charge < -0.3 is 10.2 Å². The first-order chi connectivity index (χ1) is 8.06. The van der Waals surface area contributed by atoms with E-state index >= 15 is 0 Å². The van der Waals surface area contributed by atoms with Crippen LogP contribution >= 0.6 is 11.6 Å². The molecule has 0 aromatic heterocycles. The van der Waals surface area contributed by atoms with E-state index in [0.29, 0.717) is 17.1 Å².